The Morgan fingerprint density at radius 2 is 0.736 bits per heavy atom. The van der Waals surface area contributed by atoms with Gasteiger partial charge in [0.15, 0.2) is 0 Å². The number of hydrogen-bond acceptors (Lipinski definition) is 9. The van der Waals surface area contributed by atoms with Crippen LogP contribution in [0, 0.1) is 23.7 Å². The van der Waals surface area contributed by atoms with E-state index in [9.17, 15) is 10.2 Å². The average molecular weight is 1050 g/mol. The van der Waals surface area contributed by atoms with Crippen LogP contribution < -0.4 is 19.7 Å². The molecule has 0 saturated carbocycles. The minimum Gasteiger partial charge on any atom is -0.872 e. The SMILES string of the molecule is CCCCCCCCCCCCOc1ccc(C#Cc2ccc([O-])c(C=Nc3cscc3N=Cc3cc(C#Cc4ccc(OCCCCCCCCCCCC)cc4)ccc3[O-])c2)cc1.CCO.CCO.[Zn+2]. The van der Waals surface area contributed by atoms with Gasteiger partial charge in [-0.2, -0.15) is 0 Å². The number of hydrogen-bond donors (Lipinski definition) is 2. The Labute approximate surface area is 450 Å². The number of aliphatic imine (C=N–C) groups is 2. The maximum Gasteiger partial charge on any atom is 2.00 e. The van der Waals surface area contributed by atoms with Crippen molar-refractivity contribution in [3.8, 4) is 46.7 Å². The van der Waals surface area contributed by atoms with E-state index < -0.39 is 0 Å². The first kappa shape index (κ1) is 62.9. The third kappa shape index (κ3) is 28.1. The van der Waals surface area contributed by atoms with Crippen LogP contribution in [0.25, 0.3) is 0 Å². The topological polar surface area (TPSA) is 130 Å². The molecule has 382 valence electrons. The van der Waals surface area contributed by atoms with Crippen LogP contribution in [0.5, 0.6) is 23.0 Å². The molecule has 72 heavy (non-hydrogen) atoms. The molecule has 0 atom stereocenters. The van der Waals surface area contributed by atoms with Crippen molar-refractivity contribution in [2.75, 3.05) is 26.4 Å². The van der Waals surface area contributed by atoms with E-state index in [1.165, 1.54) is 139 Å². The van der Waals surface area contributed by atoms with Crippen molar-refractivity contribution in [2.24, 2.45) is 9.98 Å². The van der Waals surface area contributed by atoms with Gasteiger partial charge in [-0.05, 0) is 111 Å². The molecule has 1 heterocycles. The van der Waals surface area contributed by atoms with Crippen LogP contribution in [-0.4, -0.2) is 49.1 Å². The normalized spacial score (nSPS) is 10.5. The first-order chi connectivity index (χ1) is 34.8. The number of aliphatic hydroxyl groups excluding tert-OH is 2. The molecule has 1 aromatic heterocycles. The molecule has 0 unspecified atom stereocenters. The summed E-state index contributed by atoms with van der Waals surface area (Å²) in [7, 11) is 0. The Hall–Kier alpha value is -5.22. The van der Waals surface area contributed by atoms with Crippen LogP contribution in [0.3, 0.4) is 0 Å². The molecule has 0 bridgehead atoms. The molecule has 0 fully saturated rings. The predicted molar refractivity (Wildman–Crippen MR) is 296 cm³/mol. The maximum atomic E-state index is 12.8. The van der Waals surface area contributed by atoms with Crippen molar-refractivity contribution < 1.29 is 49.4 Å². The fourth-order valence-electron chi connectivity index (χ4n) is 7.33. The molecule has 4 aromatic carbocycles. The summed E-state index contributed by atoms with van der Waals surface area (Å²) in [5.41, 5.74) is 5.19. The van der Waals surface area contributed by atoms with Gasteiger partial charge in [-0.3, -0.25) is 9.98 Å². The van der Waals surface area contributed by atoms with Gasteiger partial charge in [0.2, 0.25) is 0 Å². The van der Waals surface area contributed by atoms with Gasteiger partial charge in [-0.25, -0.2) is 0 Å². The average Bonchev–Trinajstić information content (AvgIpc) is 3.84. The van der Waals surface area contributed by atoms with Crippen molar-refractivity contribution >= 4 is 35.1 Å². The van der Waals surface area contributed by atoms with E-state index in [0.29, 0.717) is 33.6 Å². The van der Waals surface area contributed by atoms with Crippen LogP contribution in [0.1, 0.15) is 189 Å². The molecule has 0 radical (unpaired) electrons. The van der Waals surface area contributed by atoms with Crippen molar-refractivity contribution in [3.05, 3.63) is 129 Å². The van der Waals surface area contributed by atoms with E-state index in [0.717, 1.165) is 48.7 Å². The molecule has 0 aliphatic carbocycles. The van der Waals surface area contributed by atoms with Gasteiger partial charge in [0, 0.05) is 58.7 Å². The number of unbranched alkanes of at least 4 members (excludes halogenated alkanes) is 18. The van der Waals surface area contributed by atoms with Crippen LogP contribution >= 0.6 is 11.3 Å². The van der Waals surface area contributed by atoms with Gasteiger partial charge >= 0.3 is 19.5 Å². The van der Waals surface area contributed by atoms with Gasteiger partial charge in [-0.1, -0.05) is 177 Å². The summed E-state index contributed by atoms with van der Waals surface area (Å²) < 4.78 is 11.9. The molecule has 5 rings (SSSR count). The van der Waals surface area contributed by atoms with Gasteiger partial charge < -0.3 is 29.9 Å². The molecule has 0 aliphatic heterocycles. The smallest absolute Gasteiger partial charge is 0.872 e. The van der Waals surface area contributed by atoms with Crippen molar-refractivity contribution in [3.63, 3.8) is 0 Å². The van der Waals surface area contributed by atoms with Gasteiger partial charge in [-0.15, -0.1) is 11.3 Å². The Kier molecular flexibility index (Phi) is 36.1. The van der Waals surface area contributed by atoms with E-state index in [4.69, 9.17) is 19.7 Å². The maximum absolute atomic E-state index is 12.8. The third-order valence-electron chi connectivity index (χ3n) is 11.3. The molecule has 0 aliphatic rings. The Balaban J connectivity index is 0.00000241. The number of rotatable bonds is 28. The summed E-state index contributed by atoms with van der Waals surface area (Å²) in [5, 5.41) is 44.4. The van der Waals surface area contributed by atoms with Crippen molar-refractivity contribution in [1.82, 2.24) is 0 Å². The molecular weight excluding hydrogens is 966 g/mol. The van der Waals surface area contributed by atoms with Crippen molar-refractivity contribution in [1.29, 1.82) is 0 Å². The quantitative estimate of drug-likeness (QED) is 0.0222. The minimum atomic E-state index is -0.152. The Morgan fingerprint density at radius 1 is 0.444 bits per heavy atom. The number of thiophene rings is 1. The number of aliphatic hydroxyl groups is 2. The van der Waals surface area contributed by atoms with E-state index >= 15 is 0 Å². The van der Waals surface area contributed by atoms with Gasteiger partial charge in [0.05, 0.1) is 24.6 Å². The molecule has 0 amide bonds. The zero-order valence-corrected chi connectivity index (χ0v) is 47.7. The standard InChI is InChI=1S/C58H70N2O4S.2C2H6O.Zn/c1-3-5-7-9-11-13-15-17-19-21-39-63-53-33-27-47(28-34-53)23-25-49-31-37-57(61)51(41-49)43-59-55-45-65-46-56(55)60-44-52-42-50(32-38-58(52)62)26-24-48-29-35-54(36-30-48)64-40-22-20-18-16-14-12-10-8-6-4-2;2*1-2-3;/h27-38,41-46,61-62H,3-22,39-40H2,1-2H3;2*3H,2H2,1H3;/q;;;+2/p-2. The van der Waals surface area contributed by atoms with Gasteiger partial charge in [0.25, 0.3) is 0 Å². The second-order valence-electron chi connectivity index (χ2n) is 17.4. The third-order valence-corrected chi connectivity index (χ3v) is 12.0. The fourth-order valence-corrected chi connectivity index (χ4v) is 8.01. The summed E-state index contributed by atoms with van der Waals surface area (Å²) in [4.78, 5) is 9.19. The molecule has 2 N–H and O–H groups in total. The molecule has 8 nitrogen and oxygen atoms in total. The Morgan fingerprint density at radius 3 is 1.07 bits per heavy atom. The minimum absolute atomic E-state index is 0. The van der Waals surface area contributed by atoms with E-state index in [-0.39, 0.29) is 44.2 Å². The second kappa shape index (κ2) is 41.3. The van der Waals surface area contributed by atoms with E-state index in [1.54, 1.807) is 50.5 Å². The zero-order valence-electron chi connectivity index (χ0n) is 43.9. The number of nitrogens with zero attached hydrogens (tertiary/aromatic N) is 2. The summed E-state index contributed by atoms with van der Waals surface area (Å²) in [6, 6.07) is 25.6. The van der Waals surface area contributed by atoms with Crippen molar-refractivity contribution in [2.45, 2.75) is 156 Å². The van der Waals surface area contributed by atoms with Crippen LogP contribution in [0.2, 0.25) is 0 Å². The molecule has 5 aromatic rings. The zero-order chi connectivity index (χ0) is 51.0. The fraction of sp³-hybridized carbons (Fsp3) is 0.452. The summed E-state index contributed by atoms with van der Waals surface area (Å²) in [6.07, 6.45) is 29.1. The predicted octanol–water partition coefficient (Wildman–Crippen LogP) is 14.8. The summed E-state index contributed by atoms with van der Waals surface area (Å²) in [6.45, 7) is 9.84. The summed E-state index contributed by atoms with van der Waals surface area (Å²) in [5.74, 6) is 14.1. The van der Waals surface area contributed by atoms with Crippen LogP contribution in [0.4, 0.5) is 11.4 Å². The van der Waals surface area contributed by atoms with Crippen LogP contribution in [0.15, 0.2) is 106 Å². The first-order valence-corrected chi connectivity index (χ1v) is 27.3. The monoisotopic (exact) mass is 1040 g/mol. The molecule has 0 saturated heterocycles. The molecule has 0 spiro atoms. The van der Waals surface area contributed by atoms with Crippen LogP contribution in [-0.2, 0) is 19.5 Å². The second-order valence-corrected chi connectivity index (χ2v) is 18.1. The summed E-state index contributed by atoms with van der Waals surface area (Å²) >= 11 is 1.44. The Bertz CT molecular complexity index is 2190. The number of ether oxygens (including phenoxy) is 2. The van der Waals surface area contributed by atoms with E-state index in [1.807, 2.05) is 59.3 Å². The molecule has 10 heteroatoms. The van der Waals surface area contributed by atoms with Gasteiger partial charge in [0.1, 0.15) is 11.5 Å². The first-order valence-electron chi connectivity index (χ1n) is 26.3. The van der Waals surface area contributed by atoms with E-state index in [2.05, 4.69) is 47.5 Å². The molecular formula is C62H80N2O6SZn. The number of benzene rings is 4. The largest absolute Gasteiger partial charge is 2.00 e.